The zero-order chi connectivity index (χ0) is 21.8. The van der Waals surface area contributed by atoms with E-state index in [0.717, 1.165) is 24.1 Å². The van der Waals surface area contributed by atoms with Crippen LogP contribution in [-0.4, -0.2) is 21.1 Å². The first kappa shape index (κ1) is 23.5. The lowest BCUT2D eigenvalue weighted by Gasteiger charge is -2.04. The Morgan fingerprint density at radius 1 is 0.767 bits per heavy atom. The van der Waals surface area contributed by atoms with Crippen molar-refractivity contribution in [2.45, 2.75) is 71.1 Å². The lowest BCUT2D eigenvalue weighted by Crippen LogP contribution is -1.95. The average Bonchev–Trinajstić information content (AvgIpc) is 2.74. The second-order valence-electron chi connectivity index (χ2n) is 7.88. The molecule has 2 aromatic rings. The van der Waals surface area contributed by atoms with Crippen LogP contribution in [0.1, 0.15) is 86.2 Å². The number of ketones is 1. The standard InChI is InChI=1S/C26H34O4/c1-2-3-4-5-6-7-8-9-10-11-20-12-14-21(15-13-20)16-17-23(27)22-18-25(29)26(30)19-24(22)28/h12-19,28-30H,2-11H2,1H3. The van der Waals surface area contributed by atoms with Gasteiger partial charge in [0.25, 0.3) is 0 Å². The van der Waals surface area contributed by atoms with E-state index in [1.165, 1.54) is 69.4 Å². The van der Waals surface area contributed by atoms with Gasteiger partial charge in [0.1, 0.15) is 5.75 Å². The SMILES string of the molecule is CCCCCCCCCCCc1ccc(C=CC(=O)c2cc(O)c(O)cc2O)cc1. The van der Waals surface area contributed by atoms with Crippen LogP contribution >= 0.6 is 0 Å². The van der Waals surface area contributed by atoms with E-state index in [1.807, 2.05) is 12.1 Å². The van der Waals surface area contributed by atoms with Crippen molar-refractivity contribution in [3.8, 4) is 17.2 Å². The molecular weight excluding hydrogens is 376 g/mol. The summed E-state index contributed by atoms with van der Waals surface area (Å²) in [5, 5.41) is 28.6. The molecule has 0 unspecified atom stereocenters. The third-order valence-corrected chi connectivity index (χ3v) is 5.33. The summed E-state index contributed by atoms with van der Waals surface area (Å²) in [7, 11) is 0. The number of phenols is 3. The van der Waals surface area contributed by atoms with Crippen LogP contribution in [0, 0.1) is 0 Å². The van der Waals surface area contributed by atoms with Crippen molar-refractivity contribution in [2.75, 3.05) is 0 Å². The van der Waals surface area contributed by atoms with Gasteiger partial charge in [-0.15, -0.1) is 0 Å². The third kappa shape index (κ3) is 7.94. The van der Waals surface area contributed by atoms with Gasteiger partial charge in [0.05, 0.1) is 5.56 Å². The average molecular weight is 411 g/mol. The van der Waals surface area contributed by atoms with Gasteiger partial charge in [-0.05, 0) is 36.1 Å². The molecule has 0 bridgehead atoms. The van der Waals surface area contributed by atoms with Gasteiger partial charge in [-0.3, -0.25) is 4.79 Å². The highest BCUT2D eigenvalue weighted by molar-refractivity contribution is 6.09. The first-order valence-corrected chi connectivity index (χ1v) is 11.1. The number of unbranched alkanes of at least 4 members (excludes halogenated alkanes) is 8. The van der Waals surface area contributed by atoms with Crippen molar-refractivity contribution < 1.29 is 20.1 Å². The van der Waals surface area contributed by atoms with Crippen molar-refractivity contribution >= 4 is 11.9 Å². The van der Waals surface area contributed by atoms with Crippen molar-refractivity contribution in [1.29, 1.82) is 0 Å². The molecule has 0 atom stereocenters. The summed E-state index contributed by atoms with van der Waals surface area (Å²) in [4.78, 5) is 12.2. The summed E-state index contributed by atoms with van der Waals surface area (Å²) in [6, 6.07) is 10.1. The van der Waals surface area contributed by atoms with Gasteiger partial charge in [-0.2, -0.15) is 0 Å². The van der Waals surface area contributed by atoms with Gasteiger partial charge in [-0.1, -0.05) is 88.6 Å². The molecule has 30 heavy (non-hydrogen) atoms. The Labute approximate surface area is 179 Å². The van der Waals surface area contributed by atoms with Gasteiger partial charge in [0, 0.05) is 6.07 Å². The Hall–Kier alpha value is -2.75. The van der Waals surface area contributed by atoms with Gasteiger partial charge in [0.15, 0.2) is 17.3 Å². The number of hydrogen-bond acceptors (Lipinski definition) is 4. The smallest absolute Gasteiger partial charge is 0.189 e. The fraction of sp³-hybridized carbons (Fsp3) is 0.423. The number of rotatable bonds is 13. The minimum atomic E-state index is -0.462. The van der Waals surface area contributed by atoms with E-state index < -0.39 is 17.3 Å². The number of aromatic hydroxyl groups is 3. The summed E-state index contributed by atoms with van der Waals surface area (Å²) in [6.07, 6.45) is 16.0. The largest absolute Gasteiger partial charge is 0.507 e. The highest BCUT2D eigenvalue weighted by Gasteiger charge is 2.12. The normalized spacial score (nSPS) is 11.2. The summed E-state index contributed by atoms with van der Waals surface area (Å²) < 4.78 is 0. The van der Waals surface area contributed by atoms with Gasteiger partial charge in [-0.25, -0.2) is 0 Å². The van der Waals surface area contributed by atoms with Crippen LogP contribution in [0.3, 0.4) is 0 Å². The highest BCUT2D eigenvalue weighted by atomic mass is 16.3. The molecule has 3 N–H and O–H groups in total. The van der Waals surface area contributed by atoms with Crippen LogP contribution in [0.4, 0.5) is 0 Å². The maximum Gasteiger partial charge on any atom is 0.189 e. The van der Waals surface area contributed by atoms with Gasteiger partial charge < -0.3 is 15.3 Å². The molecule has 0 saturated heterocycles. The Morgan fingerprint density at radius 3 is 1.97 bits per heavy atom. The third-order valence-electron chi connectivity index (χ3n) is 5.33. The molecule has 0 heterocycles. The predicted octanol–water partition coefficient (Wildman–Crippen LogP) is 6.77. The van der Waals surface area contributed by atoms with Crippen LogP contribution < -0.4 is 0 Å². The number of phenolic OH excluding ortho intramolecular Hbond substituents is 3. The van der Waals surface area contributed by atoms with Crippen LogP contribution in [0.25, 0.3) is 6.08 Å². The van der Waals surface area contributed by atoms with E-state index in [4.69, 9.17) is 0 Å². The molecule has 0 aromatic heterocycles. The van der Waals surface area contributed by atoms with Crippen LogP contribution in [0.5, 0.6) is 17.2 Å². The molecular formula is C26H34O4. The fourth-order valence-corrected chi connectivity index (χ4v) is 3.46. The topological polar surface area (TPSA) is 77.8 Å². The van der Waals surface area contributed by atoms with Crippen molar-refractivity contribution in [3.63, 3.8) is 0 Å². The molecule has 0 amide bonds. The maximum atomic E-state index is 12.2. The second-order valence-corrected chi connectivity index (χ2v) is 7.88. The van der Waals surface area contributed by atoms with E-state index in [0.29, 0.717) is 0 Å². The second kappa shape index (κ2) is 12.7. The number of hydrogen-bond donors (Lipinski definition) is 3. The lowest BCUT2D eigenvalue weighted by molar-refractivity contribution is 0.104. The van der Waals surface area contributed by atoms with Crippen molar-refractivity contribution in [3.05, 3.63) is 59.2 Å². The number of aryl methyl sites for hydroxylation is 1. The molecule has 4 heteroatoms. The number of carbonyl (C=O) groups is 1. The Kier molecular flexibility index (Phi) is 9.99. The maximum absolute atomic E-state index is 12.2. The summed E-state index contributed by atoms with van der Waals surface area (Å²) in [6.45, 7) is 2.25. The molecule has 0 saturated carbocycles. The molecule has 0 radical (unpaired) electrons. The number of benzene rings is 2. The van der Waals surface area contributed by atoms with Crippen LogP contribution in [-0.2, 0) is 6.42 Å². The first-order valence-electron chi connectivity index (χ1n) is 11.1. The van der Waals surface area contributed by atoms with Crippen LogP contribution in [0.15, 0.2) is 42.5 Å². The Bertz CT molecular complexity index is 822. The van der Waals surface area contributed by atoms with Crippen molar-refractivity contribution in [1.82, 2.24) is 0 Å². The van der Waals surface area contributed by atoms with E-state index in [9.17, 15) is 20.1 Å². The van der Waals surface area contributed by atoms with E-state index in [1.54, 1.807) is 6.08 Å². The molecule has 4 nitrogen and oxygen atoms in total. The van der Waals surface area contributed by atoms with E-state index >= 15 is 0 Å². The molecule has 0 aliphatic rings. The lowest BCUT2D eigenvalue weighted by atomic mass is 10.0. The van der Waals surface area contributed by atoms with Gasteiger partial charge >= 0.3 is 0 Å². The Balaban J connectivity index is 1.74. The summed E-state index contributed by atoms with van der Waals surface area (Å²) >= 11 is 0. The summed E-state index contributed by atoms with van der Waals surface area (Å²) in [5.74, 6) is -1.71. The number of allylic oxidation sites excluding steroid dienone is 1. The Morgan fingerprint density at radius 2 is 1.33 bits per heavy atom. The van der Waals surface area contributed by atoms with Gasteiger partial charge in [0.2, 0.25) is 0 Å². The first-order chi connectivity index (χ1) is 14.5. The molecule has 2 rings (SSSR count). The van der Waals surface area contributed by atoms with Crippen LogP contribution in [0.2, 0.25) is 0 Å². The monoisotopic (exact) mass is 410 g/mol. The van der Waals surface area contributed by atoms with E-state index in [-0.39, 0.29) is 11.3 Å². The van der Waals surface area contributed by atoms with E-state index in [2.05, 4.69) is 19.1 Å². The molecule has 0 aliphatic carbocycles. The molecule has 162 valence electrons. The fourth-order valence-electron chi connectivity index (χ4n) is 3.46. The minimum Gasteiger partial charge on any atom is -0.507 e. The zero-order valence-electron chi connectivity index (χ0n) is 17.9. The zero-order valence-corrected chi connectivity index (χ0v) is 17.9. The molecule has 2 aromatic carbocycles. The molecule has 0 spiro atoms. The number of carbonyl (C=O) groups excluding carboxylic acids is 1. The summed E-state index contributed by atoms with van der Waals surface area (Å²) in [5.41, 5.74) is 2.13. The minimum absolute atomic E-state index is 0.0523. The highest BCUT2D eigenvalue weighted by Crippen LogP contribution is 2.32. The quantitative estimate of drug-likeness (QED) is 0.112. The molecule has 0 aliphatic heterocycles. The molecule has 0 fully saturated rings. The predicted molar refractivity (Wildman–Crippen MR) is 122 cm³/mol. The van der Waals surface area contributed by atoms with Crippen molar-refractivity contribution in [2.24, 2.45) is 0 Å².